The SMILES string of the molecule is O=C(O)c1cnc2[nH]ccc2c1NN1CCCC(C(=O)NCC(F)(F)F)C1. The van der Waals surface area contributed by atoms with Gasteiger partial charge in [0, 0.05) is 30.9 Å². The first-order valence-electron chi connectivity index (χ1n) is 8.30. The van der Waals surface area contributed by atoms with Gasteiger partial charge >= 0.3 is 12.1 Å². The number of hydrogen-bond donors (Lipinski definition) is 4. The minimum Gasteiger partial charge on any atom is -0.478 e. The van der Waals surface area contributed by atoms with Gasteiger partial charge in [-0.15, -0.1) is 0 Å². The molecular weight excluding hydrogens is 367 g/mol. The number of H-pyrrole nitrogens is 1. The molecule has 3 rings (SSSR count). The Bertz CT molecular complexity index is 851. The number of nitrogens with zero attached hydrogens (tertiary/aromatic N) is 2. The molecule has 1 saturated heterocycles. The molecule has 4 N–H and O–H groups in total. The van der Waals surface area contributed by atoms with Gasteiger partial charge in [0.2, 0.25) is 5.91 Å². The molecule has 0 saturated carbocycles. The Hall–Kier alpha value is -2.82. The van der Waals surface area contributed by atoms with Gasteiger partial charge in [0.25, 0.3) is 0 Å². The normalized spacial score (nSPS) is 18.4. The van der Waals surface area contributed by atoms with Gasteiger partial charge in [0.1, 0.15) is 17.8 Å². The van der Waals surface area contributed by atoms with Crippen LogP contribution in [-0.4, -0.2) is 57.8 Å². The fourth-order valence-corrected chi connectivity index (χ4v) is 3.07. The maximum atomic E-state index is 12.3. The Balaban J connectivity index is 1.73. The fraction of sp³-hybridized carbons (Fsp3) is 0.438. The van der Waals surface area contributed by atoms with E-state index in [4.69, 9.17) is 0 Å². The Morgan fingerprint density at radius 1 is 1.41 bits per heavy atom. The van der Waals surface area contributed by atoms with Crippen LogP contribution in [0, 0.1) is 5.92 Å². The summed E-state index contributed by atoms with van der Waals surface area (Å²) in [5.41, 5.74) is 3.79. The number of halogens is 3. The highest BCUT2D eigenvalue weighted by Crippen LogP contribution is 2.27. The Morgan fingerprint density at radius 2 is 2.19 bits per heavy atom. The van der Waals surface area contributed by atoms with E-state index in [0.717, 1.165) is 0 Å². The third-order valence-corrected chi connectivity index (χ3v) is 4.34. The Morgan fingerprint density at radius 3 is 2.89 bits per heavy atom. The number of fused-ring (bicyclic) bond motifs is 1. The van der Waals surface area contributed by atoms with Crippen molar-refractivity contribution in [3.05, 3.63) is 24.0 Å². The molecule has 0 spiro atoms. The zero-order valence-corrected chi connectivity index (χ0v) is 14.1. The molecule has 0 aromatic carbocycles. The van der Waals surface area contributed by atoms with E-state index in [1.807, 2.05) is 5.32 Å². The third kappa shape index (κ3) is 4.48. The molecule has 11 heteroatoms. The summed E-state index contributed by atoms with van der Waals surface area (Å²) in [6.45, 7) is -0.680. The quantitative estimate of drug-likeness (QED) is 0.627. The summed E-state index contributed by atoms with van der Waals surface area (Å²) in [4.78, 5) is 30.4. The molecule has 1 amide bonds. The minimum atomic E-state index is -4.46. The van der Waals surface area contributed by atoms with Crippen molar-refractivity contribution in [2.45, 2.75) is 19.0 Å². The molecule has 0 bridgehead atoms. The number of carboxylic acids is 1. The standard InChI is InChI=1S/C16H18F3N5O3/c17-16(18,19)8-22-14(25)9-2-1-5-24(7-9)23-12-10-3-4-20-13(10)21-6-11(12)15(26)27/h3-4,6,9H,1-2,5,7-8H2,(H,22,25)(H,26,27)(H2,20,21,23). The lowest BCUT2D eigenvalue weighted by molar-refractivity contribution is -0.141. The van der Waals surface area contributed by atoms with Gasteiger partial charge in [-0.2, -0.15) is 13.2 Å². The topological polar surface area (TPSA) is 110 Å². The molecular formula is C16H18F3N5O3. The Kier molecular flexibility index (Phi) is 5.22. The van der Waals surface area contributed by atoms with Gasteiger partial charge in [-0.05, 0) is 18.9 Å². The van der Waals surface area contributed by atoms with Crippen molar-refractivity contribution in [3.63, 3.8) is 0 Å². The molecule has 1 unspecified atom stereocenters. The number of hydrogen-bond acceptors (Lipinski definition) is 5. The summed E-state index contributed by atoms with van der Waals surface area (Å²) < 4.78 is 36.8. The number of hydrazine groups is 1. The summed E-state index contributed by atoms with van der Waals surface area (Å²) in [5.74, 6) is -2.45. The number of aromatic amines is 1. The smallest absolute Gasteiger partial charge is 0.405 e. The van der Waals surface area contributed by atoms with Gasteiger partial charge in [-0.3, -0.25) is 4.79 Å². The molecule has 3 heterocycles. The van der Waals surface area contributed by atoms with Crippen LogP contribution in [0.4, 0.5) is 18.9 Å². The average Bonchev–Trinajstić information content (AvgIpc) is 3.08. The first-order valence-corrected chi connectivity index (χ1v) is 8.30. The number of alkyl halides is 3. The first kappa shape index (κ1) is 19.0. The van der Waals surface area contributed by atoms with Crippen molar-refractivity contribution < 1.29 is 27.9 Å². The van der Waals surface area contributed by atoms with Crippen molar-refractivity contribution >= 4 is 28.6 Å². The molecule has 8 nitrogen and oxygen atoms in total. The number of amides is 1. The van der Waals surface area contributed by atoms with Gasteiger partial charge < -0.3 is 20.8 Å². The van der Waals surface area contributed by atoms with E-state index < -0.39 is 30.5 Å². The number of aromatic carboxylic acids is 1. The number of carbonyl (C=O) groups is 2. The van der Waals surface area contributed by atoms with Crippen LogP contribution in [0.3, 0.4) is 0 Å². The van der Waals surface area contributed by atoms with Gasteiger partial charge in [-0.1, -0.05) is 0 Å². The predicted molar refractivity (Wildman–Crippen MR) is 90.0 cm³/mol. The number of carboxylic acid groups (broad SMARTS) is 1. The van der Waals surface area contributed by atoms with Crippen LogP contribution in [-0.2, 0) is 4.79 Å². The van der Waals surface area contributed by atoms with Crippen molar-refractivity contribution in [1.82, 2.24) is 20.3 Å². The number of rotatable bonds is 5. The number of aromatic nitrogens is 2. The van der Waals surface area contributed by atoms with Gasteiger partial charge in [0.05, 0.1) is 11.6 Å². The monoisotopic (exact) mass is 385 g/mol. The van der Waals surface area contributed by atoms with Crippen LogP contribution in [0.1, 0.15) is 23.2 Å². The number of carbonyl (C=O) groups excluding carboxylic acids is 1. The predicted octanol–water partition coefficient (Wildman–Crippen LogP) is 1.98. The molecule has 27 heavy (non-hydrogen) atoms. The lowest BCUT2D eigenvalue weighted by atomic mass is 9.98. The molecule has 1 aliphatic heterocycles. The second kappa shape index (κ2) is 7.43. The zero-order valence-electron chi connectivity index (χ0n) is 14.1. The summed E-state index contributed by atoms with van der Waals surface area (Å²) >= 11 is 0. The van der Waals surface area contributed by atoms with Crippen LogP contribution in [0.5, 0.6) is 0 Å². The van der Waals surface area contributed by atoms with E-state index >= 15 is 0 Å². The van der Waals surface area contributed by atoms with Crippen LogP contribution in [0.2, 0.25) is 0 Å². The molecule has 0 radical (unpaired) electrons. The number of pyridine rings is 1. The lowest BCUT2D eigenvalue weighted by Gasteiger charge is -2.33. The second-order valence-electron chi connectivity index (χ2n) is 6.32. The summed E-state index contributed by atoms with van der Waals surface area (Å²) in [5, 5.41) is 13.5. The van der Waals surface area contributed by atoms with Gasteiger partial charge in [-0.25, -0.2) is 14.8 Å². The van der Waals surface area contributed by atoms with Crippen LogP contribution >= 0.6 is 0 Å². The first-order chi connectivity index (χ1) is 12.7. The zero-order chi connectivity index (χ0) is 19.6. The molecule has 1 aliphatic rings. The van der Waals surface area contributed by atoms with E-state index in [1.165, 1.54) is 6.20 Å². The molecule has 1 atom stereocenters. The van der Waals surface area contributed by atoms with Crippen molar-refractivity contribution in [1.29, 1.82) is 0 Å². The highest BCUT2D eigenvalue weighted by Gasteiger charge is 2.32. The van der Waals surface area contributed by atoms with E-state index in [9.17, 15) is 27.9 Å². The average molecular weight is 385 g/mol. The number of piperidine rings is 1. The van der Waals surface area contributed by atoms with Crippen LogP contribution < -0.4 is 10.7 Å². The summed E-state index contributed by atoms with van der Waals surface area (Å²) in [6.07, 6.45) is -0.570. The summed E-state index contributed by atoms with van der Waals surface area (Å²) in [6, 6.07) is 1.68. The second-order valence-corrected chi connectivity index (χ2v) is 6.32. The molecule has 146 valence electrons. The highest BCUT2D eigenvalue weighted by atomic mass is 19.4. The van der Waals surface area contributed by atoms with Gasteiger partial charge in [0.15, 0.2) is 0 Å². The molecule has 2 aromatic rings. The van der Waals surface area contributed by atoms with Crippen LogP contribution in [0.25, 0.3) is 11.0 Å². The third-order valence-electron chi connectivity index (χ3n) is 4.34. The van der Waals surface area contributed by atoms with E-state index in [0.29, 0.717) is 36.1 Å². The highest BCUT2D eigenvalue weighted by molar-refractivity contribution is 6.03. The molecule has 0 aliphatic carbocycles. The molecule has 1 fully saturated rings. The minimum absolute atomic E-state index is 0.0363. The number of nitrogens with one attached hydrogen (secondary N) is 3. The van der Waals surface area contributed by atoms with E-state index in [2.05, 4.69) is 15.4 Å². The Labute approximate surface area is 151 Å². The fourth-order valence-electron chi connectivity index (χ4n) is 3.07. The van der Waals surface area contributed by atoms with E-state index in [1.54, 1.807) is 17.3 Å². The van der Waals surface area contributed by atoms with Crippen molar-refractivity contribution in [2.24, 2.45) is 5.92 Å². The van der Waals surface area contributed by atoms with Crippen molar-refractivity contribution in [3.8, 4) is 0 Å². The largest absolute Gasteiger partial charge is 0.478 e. The maximum Gasteiger partial charge on any atom is 0.405 e. The molecule has 2 aromatic heterocycles. The summed E-state index contributed by atoms with van der Waals surface area (Å²) in [7, 11) is 0. The lowest BCUT2D eigenvalue weighted by Crippen LogP contribution is -2.47. The number of anilines is 1. The van der Waals surface area contributed by atoms with Crippen LogP contribution in [0.15, 0.2) is 18.5 Å². The maximum absolute atomic E-state index is 12.3. The van der Waals surface area contributed by atoms with Crippen molar-refractivity contribution in [2.75, 3.05) is 25.1 Å². The van der Waals surface area contributed by atoms with E-state index in [-0.39, 0.29) is 12.1 Å².